The number of aryl methyl sites for hydroxylation is 1. The fourth-order valence-electron chi connectivity index (χ4n) is 2.47. The van der Waals surface area contributed by atoms with Crippen LogP contribution in [0.25, 0.3) is 5.69 Å². The number of hydrogen-bond donors (Lipinski definition) is 2. The zero-order valence-corrected chi connectivity index (χ0v) is 15.3. The highest BCUT2D eigenvalue weighted by molar-refractivity contribution is 8.00. The van der Waals surface area contributed by atoms with E-state index in [9.17, 15) is 9.59 Å². The maximum absolute atomic E-state index is 12.4. The largest absolute Gasteiger partial charge is 0.351 e. The summed E-state index contributed by atoms with van der Waals surface area (Å²) in [5.74, 6) is -0.125. The number of amides is 1. The molecule has 0 radical (unpaired) electrons. The number of rotatable bonds is 6. The average Bonchev–Trinajstić information content (AvgIpc) is 3.13. The van der Waals surface area contributed by atoms with Crippen molar-refractivity contribution in [1.29, 1.82) is 0 Å². The van der Waals surface area contributed by atoms with Crippen molar-refractivity contribution in [2.45, 2.75) is 30.8 Å². The number of hydrogen-bond acceptors (Lipinski definition) is 5. The third-order valence-corrected chi connectivity index (χ3v) is 4.72. The topological polar surface area (TPSA) is 92.7 Å². The number of aromatic amines is 1. The van der Waals surface area contributed by atoms with E-state index < -0.39 is 0 Å². The van der Waals surface area contributed by atoms with Crippen molar-refractivity contribution in [3.8, 4) is 5.69 Å². The van der Waals surface area contributed by atoms with Gasteiger partial charge in [0.15, 0.2) is 5.16 Å². The summed E-state index contributed by atoms with van der Waals surface area (Å²) in [6.07, 6.45) is 5.29. The Morgan fingerprint density at radius 1 is 1.38 bits per heavy atom. The molecular formula is C18H19N5O2S. The van der Waals surface area contributed by atoms with E-state index in [1.165, 1.54) is 17.8 Å². The summed E-state index contributed by atoms with van der Waals surface area (Å²) >= 11 is 1.22. The summed E-state index contributed by atoms with van der Waals surface area (Å²) in [4.78, 5) is 34.9. The van der Waals surface area contributed by atoms with Gasteiger partial charge in [0.2, 0.25) is 5.91 Å². The van der Waals surface area contributed by atoms with E-state index in [1.54, 1.807) is 26.4 Å². The first-order chi connectivity index (χ1) is 12.5. The van der Waals surface area contributed by atoms with Crippen molar-refractivity contribution in [3.05, 3.63) is 70.7 Å². The van der Waals surface area contributed by atoms with Gasteiger partial charge in [-0.25, -0.2) is 9.97 Å². The van der Waals surface area contributed by atoms with E-state index in [0.717, 1.165) is 11.3 Å². The molecule has 1 atom stereocenters. The number of imidazole rings is 1. The standard InChI is InChI=1S/C18H19N5O2S/c1-12-9-16(24)22-18(21-12)26-13(2)17(25)20-10-14-5-3-4-6-15(14)23-8-7-19-11-23/h3-9,11,13H,10H2,1-2H3,(H,20,25)(H,21,22,24)/t13-/m1/s1. The van der Waals surface area contributed by atoms with Gasteiger partial charge in [-0.15, -0.1) is 0 Å². The number of para-hydroxylation sites is 1. The second-order valence-corrected chi connectivity index (χ2v) is 7.10. The SMILES string of the molecule is Cc1cc(=O)[nH]c(S[C@H](C)C(=O)NCc2ccccc2-n2ccnc2)n1. The van der Waals surface area contributed by atoms with Gasteiger partial charge in [-0.2, -0.15) is 0 Å². The quantitative estimate of drug-likeness (QED) is 0.512. The first kappa shape index (κ1) is 17.9. The molecule has 7 nitrogen and oxygen atoms in total. The predicted octanol–water partition coefficient (Wildman–Crippen LogP) is 2.06. The molecule has 3 rings (SSSR count). The number of nitrogens with zero attached hydrogens (tertiary/aromatic N) is 3. The summed E-state index contributed by atoms with van der Waals surface area (Å²) in [6, 6.07) is 9.23. The molecule has 0 saturated heterocycles. The smallest absolute Gasteiger partial charge is 0.251 e. The average molecular weight is 369 g/mol. The zero-order chi connectivity index (χ0) is 18.5. The van der Waals surface area contributed by atoms with Crippen LogP contribution in [0.1, 0.15) is 18.2 Å². The maximum atomic E-state index is 12.4. The highest BCUT2D eigenvalue weighted by atomic mass is 32.2. The molecule has 1 amide bonds. The molecule has 2 heterocycles. The Morgan fingerprint density at radius 3 is 2.92 bits per heavy atom. The molecule has 0 unspecified atom stereocenters. The van der Waals surface area contributed by atoms with Crippen LogP contribution in [0.3, 0.4) is 0 Å². The van der Waals surface area contributed by atoms with Gasteiger partial charge in [-0.3, -0.25) is 9.59 Å². The molecule has 0 bridgehead atoms. The molecule has 0 aliphatic carbocycles. The van der Waals surface area contributed by atoms with Crippen molar-refractivity contribution < 1.29 is 4.79 Å². The minimum atomic E-state index is -0.389. The van der Waals surface area contributed by atoms with Crippen LogP contribution in [0.15, 0.2) is 59.0 Å². The number of carbonyl (C=O) groups is 1. The van der Waals surface area contributed by atoms with E-state index in [-0.39, 0.29) is 16.7 Å². The second-order valence-electron chi connectivity index (χ2n) is 5.77. The molecule has 0 aliphatic heterocycles. The van der Waals surface area contributed by atoms with E-state index >= 15 is 0 Å². The molecule has 134 valence electrons. The lowest BCUT2D eigenvalue weighted by Gasteiger charge is -2.14. The fraction of sp³-hybridized carbons (Fsp3) is 0.222. The molecule has 0 saturated carbocycles. The summed E-state index contributed by atoms with van der Waals surface area (Å²) in [6.45, 7) is 3.93. The van der Waals surface area contributed by atoms with Crippen molar-refractivity contribution in [2.75, 3.05) is 0 Å². The van der Waals surface area contributed by atoms with E-state index in [4.69, 9.17) is 0 Å². The monoisotopic (exact) mass is 369 g/mol. The van der Waals surface area contributed by atoms with Gasteiger partial charge in [0.1, 0.15) is 0 Å². The van der Waals surface area contributed by atoms with Crippen LogP contribution in [-0.2, 0) is 11.3 Å². The van der Waals surface area contributed by atoms with E-state index in [1.807, 2.05) is 35.0 Å². The first-order valence-electron chi connectivity index (χ1n) is 8.11. The number of nitrogens with one attached hydrogen (secondary N) is 2. The molecule has 2 aromatic heterocycles. The summed E-state index contributed by atoms with van der Waals surface area (Å²) in [5.41, 5.74) is 2.36. The molecule has 0 aliphatic rings. The van der Waals surface area contributed by atoms with Gasteiger partial charge >= 0.3 is 0 Å². The number of H-pyrrole nitrogens is 1. The normalized spacial score (nSPS) is 11.9. The first-order valence-corrected chi connectivity index (χ1v) is 8.99. The zero-order valence-electron chi connectivity index (χ0n) is 14.5. The number of aromatic nitrogens is 4. The highest BCUT2D eigenvalue weighted by Crippen LogP contribution is 2.19. The predicted molar refractivity (Wildman–Crippen MR) is 100 cm³/mol. The van der Waals surface area contributed by atoms with Gasteiger partial charge < -0.3 is 14.9 Å². The van der Waals surface area contributed by atoms with Crippen molar-refractivity contribution in [2.24, 2.45) is 0 Å². The molecule has 8 heteroatoms. The van der Waals surface area contributed by atoms with Gasteiger partial charge in [0, 0.05) is 30.7 Å². The molecule has 2 N–H and O–H groups in total. The second kappa shape index (κ2) is 8.01. The van der Waals surface area contributed by atoms with Crippen molar-refractivity contribution in [1.82, 2.24) is 24.8 Å². The third kappa shape index (κ3) is 4.40. The van der Waals surface area contributed by atoms with Crippen LogP contribution < -0.4 is 10.9 Å². The lowest BCUT2D eigenvalue weighted by molar-refractivity contribution is -0.120. The summed E-state index contributed by atoms with van der Waals surface area (Å²) in [7, 11) is 0. The number of thioether (sulfide) groups is 1. The van der Waals surface area contributed by atoms with E-state index in [2.05, 4.69) is 20.3 Å². The maximum Gasteiger partial charge on any atom is 0.251 e. The summed E-state index contributed by atoms with van der Waals surface area (Å²) < 4.78 is 1.90. The van der Waals surface area contributed by atoms with Gasteiger partial charge in [0.05, 0.1) is 17.3 Å². The minimum absolute atomic E-state index is 0.125. The Kier molecular flexibility index (Phi) is 5.52. The lowest BCUT2D eigenvalue weighted by Crippen LogP contribution is -2.31. The third-order valence-electron chi connectivity index (χ3n) is 3.73. The highest BCUT2D eigenvalue weighted by Gasteiger charge is 2.16. The Morgan fingerprint density at radius 2 is 2.19 bits per heavy atom. The van der Waals surface area contributed by atoms with Crippen LogP contribution in [0.2, 0.25) is 0 Å². The van der Waals surface area contributed by atoms with Crippen molar-refractivity contribution >= 4 is 17.7 Å². The number of carbonyl (C=O) groups excluding carboxylic acids is 1. The summed E-state index contributed by atoms with van der Waals surface area (Å²) in [5, 5.41) is 2.99. The molecular weight excluding hydrogens is 350 g/mol. The Balaban J connectivity index is 1.65. The van der Waals surface area contributed by atoms with Gasteiger partial charge in [-0.05, 0) is 25.5 Å². The van der Waals surface area contributed by atoms with Crippen LogP contribution in [-0.4, -0.2) is 30.7 Å². The van der Waals surface area contributed by atoms with Crippen LogP contribution in [0.5, 0.6) is 0 Å². The Bertz CT molecular complexity index is 952. The van der Waals surface area contributed by atoms with Crippen LogP contribution >= 0.6 is 11.8 Å². The lowest BCUT2D eigenvalue weighted by atomic mass is 10.1. The molecule has 26 heavy (non-hydrogen) atoms. The molecule has 1 aromatic carbocycles. The van der Waals surface area contributed by atoms with Crippen LogP contribution in [0, 0.1) is 6.92 Å². The molecule has 0 fully saturated rings. The fourth-order valence-corrected chi connectivity index (χ4v) is 3.35. The molecule has 3 aromatic rings. The van der Waals surface area contributed by atoms with Crippen LogP contribution in [0.4, 0.5) is 0 Å². The van der Waals surface area contributed by atoms with Gasteiger partial charge in [-0.1, -0.05) is 30.0 Å². The number of benzene rings is 1. The van der Waals surface area contributed by atoms with Gasteiger partial charge in [0.25, 0.3) is 5.56 Å². The Hall–Kier alpha value is -2.87. The van der Waals surface area contributed by atoms with Crippen molar-refractivity contribution in [3.63, 3.8) is 0 Å². The minimum Gasteiger partial charge on any atom is -0.351 e. The molecule has 0 spiro atoms. The van der Waals surface area contributed by atoms with E-state index in [0.29, 0.717) is 17.4 Å². The Labute approximate surface area is 154 Å².